The van der Waals surface area contributed by atoms with Crippen molar-refractivity contribution in [2.24, 2.45) is 0 Å². The Bertz CT molecular complexity index is 135. The van der Waals surface area contributed by atoms with Gasteiger partial charge in [-0.3, -0.25) is 0 Å². The van der Waals surface area contributed by atoms with E-state index in [9.17, 15) is 0 Å². The fraction of sp³-hybridized carbons (Fsp3) is 0. The Balaban J connectivity index is -0.00000000213. The first-order valence-electron chi connectivity index (χ1n) is 1.46. The van der Waals surface area contributed by atoms with Crippen LogP contribution in [-0.2, 0) is 9.13 Å². The fourth-order valence-corrected chi connectivity index (χ4v) is 0. The quantitative estimate of drug-likeness (QED) is 0.215. The second kappa shape index (κ2) is 80.4. The van der Waals surface area contributed by atoms with Crippen molar-refractivity contribution in [3.63, 3.8) is 0 Å². The van der Waals surface area contributed by atoms with Crippen LogP contribution in [0.3, 0.4) is 0 Å². The summed E-state index contributed by atoms with van der Waals surface area (Å²) < 4.78 is 17.1. The van der Waals surface area contributed by atoms with E-state index in [4.69, 9.17) is 38.5 Å². The monoisotopic (exact) mass is 526 g/mol. The van der Waals surface area contributed by atoms with Crippen LogP contribution in [0.4, 0.5) is 0 Å². The maximum Gasteiger partial charge on any atom is 2.00 e. The van der Waals surface area contributed by atoms with E-state index in [1.807, 2.05) is 0 Å². The van der Waals surface area contributed by atoms with Crippen molar-refractivity contribution in [2.45, 2.75) is 0 Å². The van der Waals surface area contributed by atoms with Gasteiger partial charge < -0.3 is 104 Å². The topological polar surface area (TPSA) is 550 Å². The summed E-state index contributed by atoms with van der Waals surface area (Å²) in [6.45, 7) is 0. The molecule has 0 aromatic heterocycles. The Morgan fingerprint density at radius 2 is 0.320 bits per heavy atom. The summed E-state index contributed by atoms with van der Waals surface area (Å²) in [5.74, 6) is 0. The Hall–Kier alpha value is 3.52. The molecule has 0 amide bonds. The fourth-order valence-electron chi connectivity index (χ4n) is 0. The van der Waals surface area contributed by atoms with Crippen LogP contribution in [0.5, 0.6) is 0 Å². The van der Waals surface area contributed by atoms with Crippen molar-refractivity contribution in [1.82, 2.24) is 0 Å². The molecule has 25 heavy (non-hydrogen) atoms. The number of hydrogen-bond acceptors (Lipinski definition) is 8. The second-order valence-electron chi connectivity index (χ2n) is 0.894. The van der Waals surface area contributed by atoms with Crippen LogP contribution in [-0.4, -0.2) is 179 Å². The molecule has 0 aliphatic rings. The summed E-state index contributed by atoms with van der Waals surface area (Å²) in [6, 6.07) is 0. The predicted octanol–water partition coefficient (Wildman–Crippen LogP) is -16.7. The van der Waals surface area contributed by atoms with Gasteiger partial charge in [-0.15, -0.1) is 0 Å². The molecule has 0 rings (SSSR count). The average Bonchev–Trinajstić information content (AvgIpc) is 1.12. The standard InChI is InChI=1S/3Ca.2H3O4P.12H2O/c;;;2*1-5(2,3)4;;;;;;;;;;;;/h;;;2*(H3,1,2,3,4);12*1H2/q3*+2;;;;;;;;;;;;;;/p-6. The van der Waals surface area contributed by atoms with Crippen molar-refractivity contribution >= 4 is 129 Å². The average molecular weight is 526 g/mol. The minimum atomic E-state index is -5.39. The Kier molecular flexibility index (Phi) is 523. The summed E-state index contributed by atoms with van der Waals surface area (Å²) in [6.07, 6.45) is 0. The molecule has 0 heterocycles. The van der Waals surface area contributed by atoms with Gasteiger partial charge in [-0.05, 0) is 0 Å². The van der Waals surface area contributed by atoms with E-state index in [2.05, 4.69) is 0 Å². The zero-order chi connectivity index (χ0) is 9.00. The van der Waals surface area contributed by atoms with Crippen LogP contribution < -0.4 is 29.4 Å². The largest absolute Gasteiger partial charge is 2.00 e. The SMILES string of the molecule is O.O.O.O.O.O.O.O.O.O.O.O.O=P([O-])([O-])[O-].O=P([O-])([O-])[O-].[Ca+2].[Ca+2].[Ca+2]. The van der Waals surface area contributed by atoms with Crippen LogP contribution in [0.2, 0.25) is 0 Å². The maximum absolute atomic E-state index is 8.55. The van der Waals surface area contributed by atoms with Crippen molar-refractivity contribution in [2.75, 3.05) is 0 Å². The first kappa shape index (κ1) is 163. The van der Waals surface area contributed by atoms with E-state index in [-0.39, 0.29) is 179 Å². The zero-order valence-electron chi connectivity index (χ0n) is 12.3. The number of hydrogen-bond donors (Lipinski definition) is 0. The van der Waals surface area contributed by atoms with Gasteiger partial charge in [-0.1, -0.05) is 0 Å². The molecule has 0 aliphatic heterocycles. The minimum absolute atomic E-state index is 0. The Labute approximate surface area is 229 Å². The molecule has 0 fully saturated rings. The molecule has 20 nitrogen and oxygen atoms in total. The third kappa shape index (κ3) is 1450. The van der Waals surface area contributed by atoms with Gasteiger partial charge in [-0.2, -0.15) is 15.6 Å². The van der Waals surface area contributed by atoms with Crippen LogP contribution in [0.1, 0.15) is 0 Å². The maximum atomic E-state index is 8.55. The van der Waals surface area contributed by atoms with Crippen molar-refractivity contribution in [3.05, 3.63) is 0 Å². The van der Waals surface area contributed by atoms with Crippen LogP contribution in [0.15, 0.2) is 0 Å². The third-order valence-electron chi connectivity index (χ3n) is 0. The summed E-state index contributed by atoms with van der Waals surface area (Å²) >= 11 is 0. The van der Waals surface area contributed by atoms with E-state index in [0.717, 1.165) is 0 Å². The molecular weight excluding hydrogens is 502 g/mol. The Morgan fingerprint density at radius 3 is 0.320 bits per heavy atom. The third-order valence-corrected chi connectivity index (χ3v) is 0. The summed E-state index contributed by atoms with van der Waals surface area (Å²) in [7, 11) is -10.8. The van der Waals surface area contributed by atoms with Gasteiger partial charge in [0.25, 0.3) is 0 Å². The van der Waals surface area contributed by atoms with Gasteiger partial charge in [0.15, 0.2) is 0 Å². The van der Waals surface area contributed by atoms with Gasteiger partial charge >= 0.3 is 113 Å². The molecular formula is H24Ca3O20P2. The van der Waals surface area contributed by atoms with E-state index in [1.54, 1.807) is 0 Å². The van der Waals surface area contributed by atoms with Crippen molar-refractivity contribution in [3.8, 4) is 0 Å². The first-order chi connectivity index (χ1) is 4.00. The normalized spacial score (nSPS) is 4.72. The van der Waals surface area contributed by atoms with E-state index in [1.165, 1.54) is 0 Å². The molecule has 0 aliphatic carbocycles. The van der Waals surface area contributed by atoms with E-state index >= 15 is 0 Å². The van der Waals surface area contributed by atoms with Gasteiger partial charge in [0.1, 0.15) is 0 Å². The predicted molar refractivity (Wildman–Crippen MR) is 75.8 cm³/mol. The summed E-state index contributed by atoms with van der Waals surface area (Å²) in [5.41, 5.74) is 0. The molecule has 0 atom stereocenters. The molecule has 24 N–H and O–H groups in total. The van der Waals surface area contributed by atoms with Crippen molar-refractivity contribution < 1.29 is 104 Å². The van der Waals surface area contributed by atoms with Gasteiger partial charge in [0.2, 0.25) is 0 Å². The molecule has 0 aromatic carbocycles. The molecule has 25 heteroatoms. The molecule has 0 spiro atoms. The minimum Gasteiger partial charge on any atom is -0.822 e. The molecule has 0 saturated heterocycles. The number of phosphoric acid groups is 2. The van der Waals surface area contributed by atoms with Crippen LogP contribution in [0, 0.1) is 0 Å². The molecule has 0 aromatic rings. The molecule has 160 valence electrons. The van der Waals surface area contributed by atoms with Crippen LogP contribution in [0.25, 0.3) is 0 Å². The van der Waals surface area contributed by atoms with Gasteiger partial charge in [0.05, 0.1) is 0 Å². The number of rotatable bonds is 0. The van der Waals surface area contributed by atoms with Gasteiger partial charge in [0, 0.05) is 0 Å². The van der Waals surface area contributed by atoms with E-state index < -0.39 is 15.6 Å². The molecule has 0 bridgehead atoms. The molecule has 0 unspecified atom stereocenters. The van der Waals surface area contributed by atoms with Crippen LogP contribution >= 0.6 is 15.6 Å². The second-order valence-corrected chi connectivity index (χ2v) is 2.68. The Morgan fingerprint density at radius 1 is 0.320 bits per heavy atom. The van der Waals surface area contributed by atoms with Gasteiger partial charge in [-0.25, -0.2) is 0 Å². The molecule has 0 radical (unpaired) electrons. The summed E-state index contributed by atoms with van der Waals surface area (Å²) in [5, 5.41) is 0. The smallest absolute Gasteiger partial charge is 0.822 e. The van der Waals surface area contributed by atoms with E-state index in [0.29, 0.717) is 0 Å². The summed E-state index contributed by atoms with van der Waals surface area (Å²) in [4.78, 5) is 51.3. The van der Waals surface area contributed by atoms with Crippen molar-refractivity contribution in [1.29, 1.82) is 0 Å². The zero-order valence-corrected chi connectivity index (χ0v) is 20.7. The molecule has 0 saturated carbocycles. The first-order valence-corrected chi connectivity index (χ1v) is 4.38.